The van der Waals surface area contributed by atoms with Crippen molar-refractivity contribution in [2.75, 3.05) is 0 Å². The van der Waals surface area contributed by atoms with E-state index in [2.05, 4.69) is 142 Å². The van der Waals surface area contributed by atoms with Gasteiger partial charge in [0.15, 0.2) is 0 Å². The Kier molecular flexibility index (Phi) is 4.82. The molecule has 3 N–H and O–H groups in total. The molecule has 0 aliphatic heterocycles. The molecular weight excluding hydrogens is 474 g/mol. The maximum atomic E-state index is 3.86. The Balaban J connectivity index is 1.40. The molecule has 3 aromatic heterocycles. The molecule has 39 heavy (non-hydrogen) atoms. The fourth-order valence-corrected chi connectivity index (χ4v) is 6.03. The molecule has 8 aromatic rings. The van der Waals surface area contributed by atoms with Crippen LogP contribution in [0.3, 0.4) is 0 Å². The Morgan fingerprint density at radius 2 is 1.10 bits per heavy atom. The highest BCUT2D eigenvalue weighted by Crippen LogP contribution is 2.44. The van der Waals surface area contributed by atoms with Gasteiger partial charge in [-0.15, -0.1) is 0 Å². The lowest BCUT2D eigenvalue weighted by Crippen LogP contribution is -1.88. The van der Waals surface area contributed by atoms with Gasteiger partial charge in [0, 0.05) is 45.4 Å². The number of aromatic nitrogens is 3. The number of hydrogen-bond acceptors (Lipinski definition) is 0. The van der Waals surface area contributed by atoms with Gasteiger partial charge in [-0.1, -0.05) is 103 Å². The van der Waals surface area contributed by atoms with E-state index in [0.717, 1.165) is 28.0 Å². The number of benzene rings is 5. The third kappa shape index (κ3) is 3.44. The van der Waals surface area contributed by atoms with E-state index in [0.29, 0.717) is 0 Å². The largest absolute Gasteiger partial charge is 0.361 e. The molecule has 0 aliphatic carbocycles. The molecule has 3 heterocycles. The van der Waals surface area contributed by atoms with Gasteiger partial charge in [0.2, 0.25) is 0 Å². The smallest absolute Gasteiger partial charge is 0.0552 e. The van der Waals surface area contributed by atoms with Gasteiger partial charge in [0.25, 0.3) is 0 Å². The number of aromatic amines is 3. The Morgan fingerprint density at radius 1 is 0.436 bits per heavy atom. The molecule has 184 valence electrons. The van der Waals surface area contributed by atoms with Gasteiger partial charge in [0.1, 0.15) is 0 Å². The summed E-state index contributed by atoms with van der Waals surface area (Å²) in [5.74, 6) is 0. The van der Waals surface area contributed by atoms with E-state index in [1.807, 2.05) is 6.20 Å². The van der Waals surface area contributed by atoms with Crippen molar-refractivity contribution in [3.8, 4) is 44.8 Å². The monoisotopic (exact) mass is 499 g/mol. The van der Waals surface area contributed by atoms with E-state index in [1.54, 1.807) is 0 Å². The third-order valence-corrected chi connectivity index (χ3v) is 7.79. The first-order valence-electron chi connectivity index (χ1n) is 13.3. The van der Waals surface area contributed by atoms with Crippen LogP contribution in [0, 0.1) is 0 Å². The molecule has 0 radical (unpaired) electrons. The van der Waals surface area contributed by atoms with E-state index in [1.165, 1.54) is 49.4 Å². The van der Waals surface area contributed by atoms with Gasteiger partial charge < -0.3 is 15.0 Å². The van der Waals surface area contributed by atoms with Gasteiger partial charge in [-0.2, -0.15) is 0 Å². The third-order valence-electron chi connectivity index (χ3n) is 7.79. The first-order chi connectivity index (χ1) is 19.3. The van der Waals surface area contributed by atoms with Gasteiger partial charge >= 0.3 is 0 Å². The predicted octanol–water partition coefficient (Wildman–Crippen LogP) is 9.80. The van der Waals surface area contributed by atoms with Crippen molar-refractivity contribution >= 4 is 32.6 Å². The summed E-state index contributed by atoms with van der Waals surface area (Å²) >= 11 is 0. The highest BCUT2D eigenvalue weighted by Gasteiger charge is 2.20. The molecule has 0 saturated carbocycles. The molecule has 8 rings (SSSR count). The second-order valence-electron chi connectivity index (χ2n) is 10.1. The second-order valence-corrected chi connectivity index (χ2v) is 10.1. The van der Waals surface area contributed by atoms with E-state index >= 15 is 0 Å². The van der Waals surface area contributed by atoms with Gasteiger partial charge in [-0.25, -0.2) is 0 Å². The molecule has 0 spiro atoms. The molecule has 0 atom stereocenters. The molecular formula is C36H25N3. The lowest BCUT2D eigenvalue weighted by molar-refractivity contribution is 1.40. The molecule has 0 amide bonds. The lowest BCUT2D eigenvalue weighted by Gasteiger charge is -2.12. The van der Waals surface area contributed by atoms with Crippen LogP contribution in [0.2, 0.25) is 0 Å². The topological polar surface area (TPSA) is 47.4 Å². The average Bonchev–Trinajstić information content (AvgIpc) is 3.75. The molecule has 0 unspecified atom stereocenters. The summed E-state index contributed by atoms with van der Waals surface area (Å²) in [6, 6.07) is 43.2. The summed E-state index contributed by atoms with van der Waals surface area (Å²) in [7, 11) is 0. The Labute approximate surface area is 225 Å². The Bertz CT molecular complexity index is 2020. The van der Waals surface area contributed by atoms with Crippen molar-refractivity contribution in [1.82, 2.24) is 15.0 Å². The minimum atomic E-state index is 1.10. The van der Waals surface area contributed by atoms with E-state index in [4.69, 9.17) is 0 Å². The first kappa shape index (κ1) is 21.8. The summed E-state index contributed by atoms with van der Waals surface area (Å²) in [5, 5.41) is 4.88. The van der Waals surface area contributed by atoms with E-state index in [-0.39, 0.29) is 0 Å². The van der Waals surface area contributed by atoms with Crippen LogP contribution in [0.1, 0.15) is 0 Å². The van der Waals surface area contributed by atoms with E-state index in [9.17, 15) is 0 Å². The lowest BCUT2D eigenvalue weighted by atomic mass is 9.92. The van der Waals surface area contributed by atoms with Crippen LogP contribution in [0.15, 0.2) is 134 Å². The normalized spacial score (nSPS) is 11.6. The predicted molar refractivity (Wildman–Crippen MR) is 164 cm³/mol. The summed E-state index contributed by atoms with van der Waals surface area (Å²) < 4.78 is 0. The molecule has 3 nitrogen and oxygen atoms in total. The van der Waals surface area contributed by atoms with Crippen molar-refractivity contribution in [3.05, 3.63) is 134 Å². The fraction of sp³-hybridized carbons (Fsp3) is 0. The SMILES string of the molecule is c1ccc(-c2c3cc(-c4cccc(-c5[nH]cc6ccccc56)c4)[nH]c3c(-c3ccccc3)c3cc[nH]c23)cc1. The number of H-pyrrole nitrogens is 3. The van der Waals surface area contributed by atoms with Crippen molar-refractivity contribution in [2.45, 2.75) is 0 Å². The van der Waals surface area contributed by atoms with Gasteiger partial charge in [0.05, 0.1) is 16.7 Å². The van der Waals surface area contributed by atoms with E-state index < -0.39 is 0 Å². The highest BCUT2D eigenvalue weighted by atomic mass is 14.7. The van der Waals surface area contributed by atoms with Crippen LogP contribution >= 0.6 is 0 Å². The van der Waals surface area contributed by atoms with Crippen molar-refractivity contribution in [3.63, 3.8) is 0 Å². The van der Waals surface area contributed by atoms with Crippen molar-refractivity contribution in [2.24, 2.45) is 0 Å². The van der Waals surface area contributed by atoms with Gasteiger partial charge in [-0.05, 0) is 45.8 Å². The fourth-order valence-electron chi connectivity index (χ4n) is 6.03. The summed E-state index contributed by atoms with van der Waals surface area (Å²) in [6.07, 6.45) is 4.13. The zero-order valence-corrected chi connectivity index (χ0v) is 21.2. The summed E-state index contributed by atoms with van der Waals surface area (Å²) in [4.78, 5) is 10.9. The van der Waals surface area contributed by atoms with Crippen LogP contribution in [0.25, 0.3) is 77.3 Å². The number of hydrogen-bond donors (Lipinski definition) is 3. The zero-order chi connectivity index (χ0) is 25.8. The Hall–Kier alpha value is -5.28. The maximum absolute atomic E-state index is 3.86. The molecule has 0 fully saturated rings. The highest BCUT2D eigenvalue weighted by molar-refractivity contribution is 6.20. The minimum Gasteiger partial charge on any atom is -0.361 e. The number of nitrogens with one attached hydrogen (secondary N) is 3. The zero-order valence-electron chi connectivity index (χ0n) is 21.2. The van der Waals surface area contributed by atoms with Gasteiger partial charge in [-0.3, -0.25) is 0 Å². The number of rotatable bonds is 4. The standard InChI is InChI=1S/C36H25N3/c1-3-10-23(11-4-1)32-29-18-19-37-35(29)33(24-12-5-2-6-13-24)30-21-31(39-36(30)32)25-15-9-16-26(20-25)34-28-17-8-7-14-27(28)22-38-34/h1-22,37-39H. The van der Waals surface area contributed by atoms with Crippen LogP contribution in [0.5, 0.6) is 0 Å². The number of fused-ring (bicyclic) bond motifs is 3. The van der Waals surface area contributed by atoms with Crippen LogP contribution < -0.4 is 0 Å². The van der Waals surface area contributed by atoms with Crippen LogP contribution in [-0.2, 0) is 0 Å². The molecule has 5 aromatic carbocycles. The quantitative estimate of drug-likeness (QED) is 0.216. The second kappa shape index (κ2) is 8.64. The molecule has 0 saturated heterocycles. The van der Waals surface area contributed by atoms with Crippen LogP contribution in [0.4, 0.5) is 0 Å². The van der Waals surface area contributed by atoms with Crippen LogP contribution in [-0.4, -0.2) is 15.0 Å². The molecule has 0 aliphatic rings. The Morgan fingerprint density at radius 3 is 1.90 bits per heavy atom. The summed E-state index contributed by atoms with van der Waals surface area (Å²) in [6.45, 7) is 0. The minimum absolute atomic E-state index is 1.10. The van der Waals surface area contributed by atoms with Crippen molar-refractivity contribution in [1.29, 1.82) is 0 Å². The molecule has 3 heteroatoms. The summed E-state index contributed by atoms with van der Waals surface area (Å²) in [5.41, 5.74) is 11.7. The average molecular weight is 500 g/mol. The first-order valence-corrected chi connectivity index (χ1v) is 13.3. The molecule has 0 bridgehead atoms. The van der Waals surface area contributed by atoms with Crippen molar-refractivity contribution < 1.29 is 0 Å². The maximum Gasteiger partial charge on any atom is 0.0552 e.